The fraction of sp³-hybridized carbons (Fsp3) is 0.353. The van der Waals surface area contributed by atoms with Crippen molar-refractivity contribution in [2.45, 2.75) is 32.2 Å². The number of ether oxygens (including phenoxy) is 1. The van der Waals surface area contributed by atoms with Gasteiger partial charge >= 0.3 is 0 Å². The lowest BCUT2D eigenvalue weighted by molar-refractivity contribution is 0.209. The third-order valence-corrected chi connectivity index (χ3v) is 3.93. The van der Waals surface area contributed by atoms with Crippen LogP contribution in [0.4, 0.5) is 0 Å². The lowest BCUT2D eigenvalue weighted by Gasteiger charge is -2.26. The highest BCUT2D eigenvalue weighted by Gasteiger charge is 2.21. The molecule has 0 heterocycles. The molecule has 0 fully saturated rings. The molecule has 0 spiro atoms. The highest BCUT2D eigenvalue weighted by molar-refractivity contribution is 5.92. The lowest BCUT2D eigenvalue weighted by Crippen LogP contribution is -2.44. The van der Waals surface area contributed by atoms with Gasteiger partial charge in [0.2, 0.25) is 0 Å². The van der Waals surface area contributed by atoms with Crippen molar-refractivity contribution in [3.63, 3.8) is 0 Å². The summed E-state index contributed by atoms with van der Waals surface area (Å²) in [7, 11) is 0. The molecule has 0 atom stereocenters. The van der Waals surface area contributed by atoms with Crippen molar-refractivity contribution >= 4 is 10.8 Å². The van der Waals surface area contributed by atoms with Crippen LogP contribution in [-0.4, -0.2) is 12.1 Å². The Morgan fingerprint density at radius 2 is 1.75 bits per heavy atom. The predicted octanol–water partition coefficient (Wildman–Crippen LogP) is 3.61. The van der Waals surface area contributed by atoms with E-state index in [-0.39, 0.29) is 5.54 Å². The zero-order valence-corrected chi connectivity index (χ0v) is 12.0. The standard InChI is InChI=1S/C17H20N2O/c1-3-17(19,4-2)12-20-16-10-9-13(11-18)14-7-5-6-8-15(14)16/h5-10H,3-4,12,19H2,1-2H3. The van der Waals surface area contributed by atoms with Gasteiger partial charge in [-0.2, -0.15) is 5.26 Å². The van der Waals surface area contributed by atoms with Crippen LogP contribution in [-0.2, 0) is 0 Å². The Balaban J connectivity index is 2.35. The SMILES string of the molecule is CCC(N)(CC)COc1ccc(C#N)c2ccccc12. The maximum Gasteiger partial charge on any atom is 0.127 e. The van der Waals surface area contributed by atoms with Gasteiger partial charge in [-0.15, -0.1) is 0 Å². The Morgan fingerprint density at radius 3 is 2.35 bits per heavy atom. The normalized spacial score (nSPS) is 11.3. The summed E-state index contributed by atoms with van der Waals surface area (Å²) >= 11 is 0. The number of hydrogen-bond donors (Lipinski definition) is 1. The molecular weight excluding hydrogens is 248 g/mol. The van der Waals surface area contributed by atoms with Gasteiger partial charge in [0.05, 0.1) is 11.6 Å². The molecule has 3 heteroatoms. The molecule has 0 aliphatic carbocycles. The summed E-state index contributed by atoms with van der Waals surface area (Å²) in [4.78, 5) is 0. The summed E-state index contributed by atoms with van der Waals surface area (Å²) in [5.74, 6) is 0.788. The first-order valence-corrected chi connectivity index (χ1v) is 6.97. The average Bonchev–Trinajstić information content (AvgIpc) is 2.52. The number of nitrogens with zero attached hydrogens (tertiary/aromatic N) is 1. The van der Waals surface area contributed by atoms with E-state index in [2.05, 4.69) is 19.9 Å². The largest absolute Gasteiger partial charge is 0.491 e. The van der Waals surface area contributed by atoms with E-state index < -0.39 is 0 Å². The van der Waals surface area contributed by atoms with Crippen molar-refractivity contribution in [3.05, 3.63) is 42.0 Å². The number of rotatable bonds is 5. The molecule has 2 aromatic carbocycles. The van der Waals surface area contributed by atoms with Crippen LogP contribution in [0.15, 0.2) is 36.4 Å². The molecule has 0 aliphatic rings. The summed E-state index contributed by atoms with van der Waals surface area (Å²) in [6.45, 7) is 4.63. The molecule has 3 nitrogen and oxygen atoms in total. The molecule has 0 unspecified atom stereocenters. The Labute approximate surface area is 120 Å². The smallest absolute Gasteiger partial charge is 0.127 e. The third kappa shape index (κ3) is 2.76. The summed E-state index contributed by atoms with van der Waals surface area (Å²) in [5.41, 5.74) is 6.64. The van der Waals surface area contributed by atoms with Crippen molar-refractivity contribution in [2.24, 2.45) is 5.73 Å². The van der Waals surface area contributed by atoms with Crippen molar-refractivity contribution < 1.29 is 4.74 Å². The molecule has 2 rings (SSSR count). The molecule has 0 bridgehead atoms. The minimum absolute atomic E-state index is 0.297. The molecule has 0 radical (unpaired) electrons. The second kappa shape index (κ2) is 5.94. The first-order chi connectivity index (χ1) is 9.63. The highest BCUT2D eigenvalue weighted by Crippen LogP contribution is 2.29. The molecule has 2 N–H and O–H groups in total. The predicted molar refractivity (Wildman–Crippen MR) is 81.7 cm³/mol. The number of nitrogens with two attached hydrogens (primary N) is 1. The maximum absolute atomic E-state index is 9.15. The van der Waals surface area contributed by atoms with Gasteiger partial charge in [0.25, 0.3) is 0 Å². The number of fused-ring (bicyclic) bond motifs is 1. The van der Waals surface area contributed by atoms with Crippen LogP contribution in [0.5, 0.6) is 5.75 Å². The van der Waals surface area contributed by atoms with Crippen LogP contribution in [0, 0.1) is 11.3 Å². The molecule has 2 aromatic rings. The first-order valence-electron chi connectivity index (χ1n) is 6.97. The van der Waals surface area contributed by atoms with E-state index in [0.29, 0.717) is 12.2 Å². The first kappa shape index (κ1) is 14.4. The molecule has 104 valence electrons. The molecule has 0 saturated heterocycles. The van der Waals surface area contributed by atoms with E-state index in [1.807, 2.05) is 30.3 Å². The van der Waals surface area contributed by atoms with Gasteiger partial charge in [0, 0.05) is 16.3 Å². The second-order valence-electron chi connectivity index (χ2n) is 5.13. The highest BCUT2D eigenvalue weighted by atomic mass is 16.5. The number of benzene rings is 2. The zero-order chi connectivity index (χ0) is 14.6. The van der Waals surface area contributed by atoms with E-state index in [1.165, 1.54) is 0 Å². The van der Waals surface area contributed by atoms with Gasteiger partial charge in [-0.3, -0.25) is 0 Å². The Morgan fingerprint density at radius 1 is 1.10 bits per heavy atom. The topological polar surface area (TPSA) is 59.0 Å². The maximum atomic E-state index is 9.15. The minimum atomic E-state index is -0.297. The summed E-state index contributed by atoms with van der Waals surface area (Å²) < 4.78 is 5.93. The van der Waals surface area contributed by atoms with Crippen molar-refractivity contribution in [2.75, 3.05) is 6.61 Å². The van der Waals surface area contributed by atoms with Gasteiger partial charge in [-0.1, -0.05) is 38.1 Å². The van der Waals surface area contributed by atoms with Crippen LogP contribution >= 0.6 is 0 Å². The van der Waals surface area contributed by atoms with Crippen molar-refractivity contribution in [3.8, 4) is 11.8 Å². The third-order valence-electron chi connectivity index (χ3n) is 3.93. The average molecular weight is 268 g/mol. The van der Waals surface area contributed by atoms with E-state index in [0.717, 1.165) is 29.4 Å². The van der Waals surface area contributed by atoms with Gasteiger partial charge < -0.3 is 10.5 Å². The van der Waals surface area contributed by atoms with Crippen LogP contribution in [0.25, 0.3) is 10.8 Å². The van der Waals surface area contributed by atoms with E-state index in [1.54, 1.807) is 6.07 Å². The fourth-order valence-corrected chi connectivity index (χ4v) is 2.17. The molecule has 0 amide bonds. The Kier molecular flexibility index (Phi) is 4.26. The number of nitriles is 1. The Bertz CT molecular complexity index is 639. The lowest BCUT2D eigenvalue weighted by atomic mass is 9.95. The van der Waals surface area contributed by atoms with Gasteiger partial charge in [0.15, 0.2) is 0 Å². The van der Waals surface area contributed by atoms with E-state index in [9.17, 15) is 0 Å². The summed E-state index contributed by atoms with van der Waals surface area (Å²) in [6.07, 6.45) is 1.75. The van der Waals surface area contributed by atoms with Gasteiger partial charge in [-0.25, -0.2) is 0 Å². The molecule has 0 aromatic heterocycles. The number of hydrogen-bond acceptors (Lipinski definition) is 3. The molecule has 0 saturated carbocycles. The Hall–Kier alpha value is -2.05. The summed E-state index contributed by atoms with van der Waals surface area (Å²) in [6, 6.07) is 13.7. The fourth-order valence-electron chi connectivity index (χ4n) is 2.17. The minimum Gasteiger partial charge on any atom is -0.491 e. The second-order valence-corrected chi connectivity index (χ2v) is 5.13. The molecule has 0 aliphatic heterocycles. The molecule has 20 heavy (non-hydrogen) atoms. The van der Waals surface area contributed by atoms with Gasteiger partial charge in [0.1, 0.15) is 12.4 Å². The van der Waals surface area contributed by atoms with E-state index >= 15 is 0 Å². The van der Waals surface area contributed by atoms with Crippen molar-refractivity contribution in [1.29, 1.82) is 5.26 Å². The monoisotopic (exact) mass is 268 g/mol. The van der Waals surface area contributed by atoms with Crippen LogP contribution in [0.3, 0.4) is 0 Å². The van der Waals surface area contributed by atoms with Crippen molar-refractivity contribution in [1.82, 2.24) is 0 Å². The summed E-state index contributed by atoms with van der Waals surface area (Å²) in [5, 5.41) is 11.0. The van der Waals surface area contributed by atoms with E-state index in [4.69, 9.17) is 15.7 Å². The van der Waals surface area contributed by atoms with Crippen LogP contribution in [0.2, 0.25) is 0 Å². The van der Waals surface area contributed by atoms with Crippen LogP contribution in [0.1, 0.15) is 32.3 Å². The zero-order valence-electron chi connectivity index (χ0n) is 12.0. The quantitative estimate of drug-likeness (QED) is 0.901. The van der Waals surface area contributed by atoms with Crippen LogP contribution < -0.4 is 10.5 Å². The molecular formula is C17H20N2O. The van der Waals surface area contributed by atoms with Gasteiger partial charge in [-0.05, 0) is 25.0 Å².